The van der Waals surface area contributed by atoms with E-state index in [4.69, 9.17) is 4.74 Å². The first-order chi connectivity index (χ1) is 18.8. The van der Waals surface area contributed by atoms with E-state index >= 15 is 0 Å². The first-order valence-electron chi connectivity index (χ1n) is 12.6. The second-order valence-electron chi connectivity index (χ2n) is 9.38. The predicted molar refractivity (Wildman–Crippen MR) is 142 cm³/mol. The summed E-state index contributed by atoms with van der Waals surface area (Å²) in [5.41, 5.74) is 2.53. The van der Waals surface area contributed by atoms with Gasteiger partial charge in [0, 0.05) is 37.9 Å². The van der Waals surface area contributed by atoms with Crippen LogP contribution in [0, 0.1) is 11.8 Å². The molecule has 1 fully saturated rings. The molecule has 1 saturated heterocycles. The number of hydrogen-bond donors (Lipinski definition) is 3. The third-order valence-corrected chi connectivity index (χ3v) is 6.60. The van der Waals surface area contributed by atoms with Gasteiger partial charge in [-0.3, -0.25) is 14.5 Å². The van der Waals surface area contributed by atoms with Crippen LogP contribution in [0.5, 0.6) is 5.75 Å². The zero-order valence-corrected chi connectivity index (χ0v) is 21.5. The average Bonchev–Trinajstić information content (AvgIpc) is 3.40. The van der Waals surface area contributed by atoms with Gasteiger partial charge in [-0.1, -0.05) is 36.1 Å². The van der Waals surface area contributed by atoms with Crippen molar-refractivity contribution in [3.05, 3.63) is 93.2 Å². The molecule has 2 heterocycles. The third kappa shape index (κ3) is 7.72. The van der Waals surface area contributed by atoms with Crippen LogP contribution in [-0.2, 0) is 22.5 Å². The first-order valence-corrected chi connectivity index (χ1v) is 12.6. The number of nitrogens with one attached hydrogen (secondary N) is 2. The standard InChI is InChI=1S/C29H30F2N4O4/c1-39-23-12-13-35(17-23)16-22-10-6-20(7-11-22)3-2-19-4-8-21(9-5-19)14-24(28(37)32-15-25(30)31)26-27(36)29(38)34-18-33-26/h4-11,18,23-25,36H,12-17H2,1H3,(H,32,37)(H,33,34,38)/t23-,24?/m0/s1. The number of benzene rings is 2. The second kappa shape index (κ2) is 13.1. The van der Waals surface area contributed by atoms with Crippen molar-refractivity contribution in [3.63, 3.8) is 0 Å². The number of aromatic hydroxyl groups is 1. The summed E-state index contributed by atoms with van der Waals surface area (Å²) in [5.74, 6) is 3.64. The molecule has 4 rings (SSSR count). The Kier molecular flexibility index (Phi) is 9.41. The molecule has 1 amide bonds. The number of aromatic nitrogens is 2. The lowest BCUT2D eigenvalue weighted by atomic mass is 9.94. The van der Waals surface area contributed by atoms with E-state index in [-0.39, 0.29) is 12.1 Å². The molecular formula is C29H30F2N4O4. The lowest BCUT2D eigenvalue weighted by Gasteiger charge is -2.17. The summed E-state index contributed by atoms with van der Waals surface area (Å²) >= 11 is 0. The summed E-state index contributed by atoms with van der Waals surface area (Å²) in [6, 6.07) is 15.2. The predicted octanol–water partition coefficient (Wildman–Crippen LogP) is 2.80. The topological polar surface area (TPSA) is 108 Å². The monoisotopic (exact) mass is 536 g/mol. The Balaban J connectivity index is 1.42. The Bertz CT molecular complexity index is 1380. The van der Waals surface area contributed by atoms with Crippen molar-refractivity contribution in [2.24, 2.45) is 0 Å². The van der Waals surface area contributed by atoms with Crippen LogP contribution in [0.25, 0.3) is 0 Å². The van der Waals surface area contributed by atoms with Crippen molar-refractivity contribution in [1.29, 1.82) is 0 Å². The van der Waals surface area contributed by atoms with Crippen LogP contribution >= 0.6 is 0 Å². The molecule has 10 heteroatoms. The van der Waals surface area contributed by atoms with Crippen LogP contribution < -0.4 is 10.9 Å². The number of aromatic amines is 1. The van der Waals surface area contributed by atoms with Gasteiger partial charge in [-0.2, -0.15) is 0 Å². The minimum absolute atomic E-state index is 0.0381. The fourth-order valence-electron chi connectivity index (χ4n) is 4.46. The molecule has 0 radical (unpaired) electrons. The number of carbonyl (C=O) groups excluding carboxylic acids is 1. The van der Waals surface area contributed by atoms with E-state index in [9.17, 15) is 23.5 Å². The number of ether oxygens (including phenoxy) is 1. The normalized spacial score (nSPS) is 16.1. The molecule has 39 heavy (non-hydrogen) atoms. The molecule has 0 saturated carbocycles. The minimum atomic E-state index is -2.74. The van der Waals surface area contributed by atoms with E-state index in [1.54, 1.807) is 31.4 Å². The number of likely N-dealkylation sites (tertiary alicyclic amines) is 1. The summed E-state index contributed by atoms with van der Waals surface area (Å²) in [7, 11) is 1.75. The number of halogens is 2. The van der Waals surface area contributed by atoms with Gasteiger partial charge in [0.25, 0.3) is 12.0 Å². The SMILES string of the molecule is CO[C@H]1CCN(Cc2ccc(C#Cc3ccc(CC(C(=O)NCC(F)F)c4nc[nH]c(=O)c4O)cc3)cc2)C1. The van der Waals surface area contributed by atoms with Crippen molar-refractivity contribution in [1.82, 2.24) is 20.2 Å². The molecule has 8 nitrogen and oxygen atoms in total. The summed E-state index contributed by atoms with van der Waals surface area (Å²) in [5, 5.41) is 12.3. The number of carbonyl (C=O) groups is 1. The Morgan fingerprint density at radius 1 is 1.15 bits per heavy atom. The zero-order valence-electron chi connectivity index (χ0n) is 21.5. The zero-order chi connectivity index (χ0) is 27.8. The largest absolute Gasteiger partial charge is 0.502 e. The van der Waals surface area contributed by atoms with Gasteiger partial charge in [-0.25, -0.2) is 13.8 Å². The molecule has 0 aliphatic carbocycles. The number of hydrogen-bond acceptors (Lipinski definition) is 6. The number of methoxy groups -OCH3 is 1. The Labute approximate surface area is 225 Å². The van der Waals surface area contributed by atoms with Gasteiger partial charge in [0.05, 0.1) is 24.9 Å². The quantitative estimate of drug-likeness (QED) is 0.363. The second-order valence-corrected chi connectivity index (χ2v) is 9.38. The Morgan fingerprint density at radius 2 is 1.79 bits per heavy atom. The molecule has 3 aromatic rings. The van der Waals surface area contributed by atoms with Crippen LogP contribution in [-0.4, -0.2) is 65.2 Å². The molecule has 1 aliphatic rings. The number of alkyl halides is 2. The van der Waals surface area contributed by atoms with Gasteiger partial charge in [0.2, 0.25) is 11.7 Å². The first kappa shape index (κ1) is 28.0. The highest BCUT2D eigenvalue weighted by Gasteiger charge is 2.27. The van der Waals surface area contributed by atoms with Gasteiger partial charge in [-0.15, -0.1) is 0 Å². The average molecular weight is 537 g/mol. The molecule has 1 aromatic heterocycles. The fraction of sp³-hybridized carbons (Fsp3) is 0.345. The Hall–Kier alpha value is -4.07. The van der Waals surface area contributed by atoms with Gasteiger partial charge in [0.15, 0.2) is 0 Å². The lowest BCUT2D eigenvalue weighted by molar-refractivity contribution is -0.123. The molecule has 0 bridgehead atoms. The number of H-pyrrole nitrogens is 1. The van der Waals surface area contributed by atoms with E-state index in [0.29, 0.717) is 11.7 Å². The smallest absolute Gasteiger partial charge is 0.293 e. The van der Waals surface area contributed by atoms with Gasteiger partial charge >= 0.3 is 0 Å². The van der Waals surface area contributed by atoms with Crippen molar-refractivity contribution in [3.8, 4) is 17.6 Å². The van der Waals surface area contributed by atoms with Gasteiger partial charge < -0.3 is 20.1 Å². The van der Waals surface area contributed by atoms with Gasteiger partial charge in [-0.05, 0) is 48.2 Å². The van der Waals surface area contributed by atoms with E-state index in [1.807, 2.05) is 12.1 Å². The van der Waals surface area contributed by atoms with Crippen molar-refractivity contribution < 1.29 is 23.4 Å². The van der Waals surface area contributed by atoms with Crippen molar-refractivity contribution >= 4 is 5.91 Å². The fourth-order valence-corrected chi connectivity index (χ4v) is 4.46. The highest BCUT2D eigenvalue weighted by molar-refractivity contribution is 5.84. The Morgan fingerprint density at radius 3 is 2.38 bits per heavy atom. The summed E-state index contributed by atoms with van der Waals surface area (Å²) in [6.45, 7) is 2.00. The van der Waals surface area contributed by atoms with Crippen molar-refractivity contribution in [2.45, 2.75) is 37.8 Å². The molecule has 2 aromatic carbocycles. The van der Waals surface area contributed by atoms with Gasteiger partial charge in [0.1, 0.15) is 5.69 Å². The lowest BCUT2D eigenvalue weighted by Crippen LogP contribution is -2.34. The van der Waals surface area contributed by atoms with Crippen molar-refractivity contribution in [2.75, 3.05) is 26.7 Å². The summed E-state index contributed by atoms with van der Waals surface area (Å²) in [4.78, 5) is 33.0. The third-order valence-electron chi connectivity index (χ3n) is 6.60. The van der Waals surface area contributed by atoms with Crippen LogP contribution in [0.3, 0.4) is 0 Å². The maximum atomic E-state index is 12.7. The highest BCUT2D eigenvalue weighted by atomic mass is 19.3. The summed E-state index contributed by atoms with van der Waals surface area (Å²) in [6.07, 6.45) is -0.286. The summed E-state index contributed by atoms with van der Waals surface area (Å²) < 4.78 is 30.7. The maximum absolute atomic E-state index is 12.7. The van der Waals surface area contributed by atoms with Crippen LogP contribution in [0.2, 0.25) is 0 Å². The molecule has 1 unspecified atom stereocenters. The van der Waals surface area contributed by atoms with Crippen LogP contribution in [0.15, 0.2) is 59.7 Å². The number of rotatable bonds is 9. The molecule has 204 valence electrons. The van der Waals surface area contributed by atoms with Crippen LogP contribution in [0.4, 0.5) is 8.78 Å². The minimum Gasteiger partial charge on any atom is -0.502 e. The van der Waals surface area contributed by atoms with E-state index in [2.05, 4.69) is 44.2 Å². The molecule has 1 aliphatic heterocycles. The van der Waals surface area contributed by atoms with Crippen LogP contribution in [0.1, 0.15) is 40.3 Å². The molecular weight excluding hydrogens is 506 g/mol. The number of nitrogens with zero attached hydrogens (tertiary/aromatic N) is 2. The van der Waals surface area contributed by atoms with E-state index in [1.165, 1.54) is 5.56 Å². The van der Waals surface area contributed by atoms with E-state index < -0.39 is 36.1 Å². The van der Waals surface area contributed by atoms with E-state index in [0.717, 1.165) is 43.5 Å². The maximum Gasteiger partial charge on any atom is 0.293 e. The molecule has 2 atom stereocenters. The highest BCUT2D eigenvalue weighted by Crippen LogP contribution is 2.25. The number of amides is 1. The molecule has 3 N–H and O–H groups in total. The molecule has 0 spiro atoms.